The van der Waals surface area contributed by atoms with E-state index in [1.54, 1.807) is 18.2 Å². The Morgan fingerprint density at radius 2 is 1.12 bits per heavy atom. The Morgan fingerprint density at radius 1 is 0.676 bits per heavy atom. The number of rotatable bonds is 8. The van der Waals surface area contributed by atoms with Crippen LogP contribution in [-0.4, -0.2) is 19.2 Å². The first-order valence-corrected chi connectivity index (χ1v) is 10.6. The molecule has 0 saturated heterocycles. The van der Waals surface area contributed by atoms with Crippen LogP contribution in [0.5, 0.6) is 5.75 Å². The second kappa shape index (κ2) is 10.5. The third-order valence-electron chi connectivity index (χ3n) is 5.24. The number of benzene rings is 3. The van der Waals surface area contributed by atoms with Gasteiger partial charge in [0.05, 0.1) is 11.1 Å². The van der Waals surface area contributed by atoms with Crippen LogP contribution >= 0.6 is 0 Å². The summed E-state index contributed by atoms with van der Waals surface area (Å²) in [4.78, 5) is 0. The molecule has 9 heteroatoms. The van der Waals surface area contributed by atoms with E-state index in [0.717, 1.165) is 30.7 Å². The summed E-state index contributed by atoms with van der Waals surface area (Å²) >= 11 is 0. The smallest absolute Gasteiger partial charge is 0.416 e. The monoisotopic (exact) mass is 482 g/mol. The highest BCUT2D eigenvalue weighted by Gasteiger charge is 2.30. The predicted molar refractivity (Wildman–Crippen MR) is 119 cm³/mol. The van der Waals surface area contributed by atoms with Gasteiger partial charge in [-0.15, -0.1) is 0 Å². The number of nitrogens with two attached hydrogens (primary N) is 2. The van der Waals surface area contributed by atoms with Crippen LogP contribution in [0.25, 0.3) is 22.3 Å². The molecule has 0 spiro atoms. The van der Waals surface area contributed by atoms with Crippen LogP contribution in [0.4, 0.5) is 26.3 Å². The van der Waals surface area contributed by atoms with Crippen molar-refractivity contribution in [1.82, 2.24) is 0 Å². The summed E-state index contributed by atoms with van der Waals surface area (Å²) in [5.74, 6) is 0.399. The normalized spacial score (nSPS) is 13.1. The number of hydrogen-bond donors (Lipinski definition) is 2. The second-order valence-electron chi connectivity index (χ2n) is 7.90. The average molecular weight is 482 g/mol. The highest BCUT2D eigenvalue weighted by atomic mass is 19.4. The molecular formula is C25H24F6N2O. The molecule has 3 nitrogen and oxygen atoms in total. The first-order valence-electron chi connectivity index (χ1n) is 10.6. The van der Waals surface area contributed by atoms with Crippen LogP contribution in [0, 0.1) is 0 Å². The minimum absolute atomic E-state index is 0.183. The molecule has 0 bridgehead atoms. The zero-order valence-corrected chi connectivity index (χ0v) is 18.1. The van der Waals surface area contributed by atoms with Crippen molar-refractivity contribution < 1.29 is 31.1 Å². The number of halogens is 6. The molecule has 182 valence electrons. The van der Waals surface area contributed by atoms with Gasteiger partial charge in [0.1, 0.15) is 12.4 Å². The average Bonchev–Trinajstić information content (AvgIpc) is 2.80. The zero-order chi connectivity index (χ0) is 24.9. The molecule has 0 aliphatic heterocycles. The molecule has 4 N–H and O–H groups in total. The van der Waals surface area contributed by atoms with Crippen molar-refractivity contribution in [2.75, 3.05) is 13.2 Å². The largest absolute Gasteiger partial charge is 0.492 e. The van der Waals surface area contributed by atoms with Gasteiger partial charge in [-0.05, 0) is 84.1 Å². The number of hydrogen-bond acceptors (Lipinski definition) is 3. The molecule has 0 aromatic heterocycles. The van der Waals surface area contributed by atoms with Gasteiger partial charge in [0.15, 0.2) is 0 Å². The molecule has 0 heterocycles. The van der Waals surface area contributed by atoms with Crippen molar-refractivity contribution >= 4 is 0 Å². The quantitative estimate of drug-likeness (QED) is 0.360. The standard InChI is InChI=1S/C25H24F6N2O/c26-24(27,28)20-7-3-16(4-8-20)18-12-19(17-5-9-21(10-6-17)25(29,30)31)14-23(13-18)34-15-22(33)2-1-11-32/h3-10,12-14,22H,1-2,11,15,32-33H2/t22-/m0/s1. The second-order valence-corrected chi connectivity index (χ2v) is 7.90. The van der Waals surface area contributed by atoms with E-state index in [1.165, 1.54) is 24.3 Å². The van der Waals surface area contributed by atoms with Crippen molar-refractivity contribution in [3.63, 3.8) is 0 Å². The molecule has 0 aliphatic carbocycles. The Labute approximate surface area is 193 Å². The van der Waals surface area contributed by atoms with E-state index in [2.05, 4.69) is 0 Å². The summed E-state index contributed by atoms with van der Waals surface area (Å²) in [5, 5.41) is 0. The summed E-state index contributed by atoms with van der Waals surface area (Å²) in [6, 6.07) is 14.0. The molecular weight excluding hydrogens is 458 g/mol. The number of alkyl halides is 6. The molecule has 1 atom stereocenters. The minimum atomic E-state index is -4.46. The maximum Gasteiger partial charge on any atom is 0.416 e. The van der Waals surface area contributed by atoms with E-state index in [4.69, 9.17) is 16.2 Å². The van der Waals surface area contributed by atoms with Gasteiger partial charge in [-0.25, -0.2) is 0 Å². The Hall–Kier alpha value is -3.04. The topological polar surface area (TPSA) is 61.3 Å². The van der Waals surface area contributed by atoms with Crippen LogP contribution in [0.2, 0.25) is 0 Å². The Bertz CT molecular complexity index is 1000. The Balaban J connectivity index is 1.96. The minimum Gasteiger partial charge on any atom is -0.492 e. The number of ether oxygens (including phenoxy) is 1. The molecule has 0 fully saturated rings. The van der Waals surface area contributed by atoms with Crippen LogP contribution in [0.3, 0.4) is 0 Å². The van der Waals surface area contributed by atoms with Gasteiger partial charge in [-0.3, -0.25) is 0 Å². The van der Waals surface area contributed by atoms with Crippen LogP contribution in [0.15, 0.2) is 66.7 Å². The SMILES string of the molecule is NCCC[C@H](N)COc1cc(-c2ccc(C(F)(F)F)cc2)cc(-c2ccc(C(F)(F)F)cc2)c1. The van der Waals surface area contributed by atoms with Crippen LogP contribution < -0.4 is 16.2 Å². The van der Waals surface area contributed by atoms with E-state index in [0.29, 0.717) is 41.0 Å². The molecule has 0 amide bonds. The van der Waals surface area contributed by atoms with E-state index in [-0.39, 0.29) is 12.6 Å². The lowest BCUT2D eigenvalue weighted by molar-refractivity contribution is -0.138. The lowest BCUT2D eigenvalue weighted by Gasteiger charge is -2.16. The summed E-state index contributed by atoms with van der Waals surface area (Å²) in [6.07, 6.45) is -7.54. The summed E-state index contributed by atoms with van der Waals surface area (Å²) in [5.41, 5.74) is 12.1. The van der Waals surface area contributed by atoms with Crippen molar-refractivity contribution in [3.05, 3.63) is 77.9 Å². The molecule has 3 aromatic rings. The third-order valence-corrected chi connectivity index (χ3v) is 5.24. The zero-order valence-electron chi connectivity index (χ0n) is 18.1. The van der Waals surface area contributed by atoms with E-state index in [9.17, 15) is 26.3 Å². The Morgan fingerprint density at radius 3 is 1.50 bits per heavy atom. The molecule has 0 saturated carbocycles. The van der Waals surface area contributed by atoms with E-state index >= 15 is 0 Å². The van der Waals surface area contributed by atoms with Crippen molar-refractivity contribution in [1.29, 1.82) is 0 Å². The molecule has 3 rings (SSSR count). The molecule has 34 heavy (non-hydrogen) atoms. The highest BCUT2D eigenvalue weighted by molar-refractivity contribution is 5.75. The summed E-state index contributed by atoms with van der Waals surface area (Å²) < 4.78 is 83.4. The fraction of sp³-hybridized carbons (Fsp3) is 0.280. The van der Waals surface area contributed by atoms with Gasteiger partial charge in [-0.1, -0.05) is 24.3 Å². The molecule has 0 radical (unpaired) electrons. The van der Waals surface area contributed by atoms with Crippen LogP contribution in [-0.2, 0) is 12.4 Å². The van der Waals surface area contributed by atoms with Gasteiger partial charge in [-0.2, -0.15) is 26.3 Å². The van der Waals surface area contributed by atoms with Crippen molar-refractivity contribution in [3.8, 4) is 28.0 Å². The maximum absolute atomic E-state index is 12.9. The van der Waals surface area contributed by atoms with Gasteiger partial charge >= 0.3 is 12.4 Å². The lowest BCUT2D eigenvalue weighted by atomic mass is 9.97. The summed E-state index contributed by atoms with van der Waals surface area (Å²) in [7, 11) is 0. The van der Waals surface area contributed by atoms with Gasteiger partial charge < -0.3 is 16.2 Å². The fourth-order valence-electron chi connectivity index (χ4n) is 3.39. The molecule has 0 aliphatic rings. The van der Waals surface area contributed by atoms with Crippen molar-refractivity contribution in [2.45, 2.75) is 31.2 Å². The molecule has 0 unspecified atom stereocenters. The first kappa shape index (κ1) is 25.6. The maximum atomic E-state index is 12.9. The van der Waals surface area contributed by atoms with Gasteiger partial charge in [0.2, 0.25) is 0 Å². The van der Waals surface area contributed by atoms with Gasteiger partial charge in [0.25, 0.3) is 0 Å². The van der Waals surface area contributed by atoms with Crippen LogP contribution in [0.1, 0.15) is 24.0 Å². The molecule has 3 aromatic carbocycles. The Kier molecular flexibility index (Phi) is 7.89. The first-order chi connectivity index (χ1) is 16.0. The highest BCUT2D eigenvalue weighted by Crippen LogP contribution is 2.36. The van der Waals surface area contributed by atoms with Gasteiger partial charge in [0, 0.05) is 6.04 Å². The van der Waals surface area contributed by atoms with E-state index in [1.807, 2.05) is 0 Å². The summed E-state index contributed by atoms with van der Waals surface area (Å²) in [6.45, 7) is 0.679. The fourth-order valence-corrected chi connectivity index (χ4v) is 3.39. The lowest BCUT2D eigenvalue weighted by Crippen LogP contribution is -2.28. The van der Waals surface area contributed by atoms with E-state index < -0.39 is 23.5 Å². The van der Waals surface area contributed by atoms with Crippen molar-refractivity contribution in [2.24, 2.45) is 11.5 Å². The predicted octanol–water partition coefficient (Wildman–Crippen LogP) is 6.50. The third kappa shape index (κ3) is 6.74.